The highest BCUT2D eigenvalue weighted by atomic mass is 32.2. The molecule has 2 aromatic rings. The average Bonchev–Trinajstić information content (AvgIpc) is 2.75. The van der Waals surface area contributed by atoms with Crippen molar-refractivity contribution >= 4 is 38.9 Å². The van der Waals surface area contributed by atoms with Crippen LogP contribution in [0.25, 0.3) is 0 Å². The van der Waals surface area contributed by atoms with Gasteiger partial charge in [-0.1, -0.05) is 36.0 Å². The van der Waals surface area contributed by atoms with E-state index >= 15 is 0 Å². The van der Waals surface area contributed by atoms with E-state index in [1.165, 1.54) is 16.0 Å². The van der Waals surface area contributed by atoms with E-state index in [0.29, 0.717) is 32.6 Å². The van der Waals surface area contributed by atoms with Crippen molar-refractivity contribution in [1.29, 1.82) is 0 Å². The molecule has 1 saturated heterocycles. The average molecular weight is 446 g/mol. The summed E-state index contributed by atoms with van der Waals surface area (Å²) in [6, 6.07) is 16.7. The molecule has 0 aromatic heterocycles. The first kappa shape index (κ1) is 21.2. The van der Waals surface area contributed by atoms with Crippen molar-refractivity contribution in [2.24, 2.45) is 0 Å². The fourth-order valence-corrected chi connectivity index (χ4v) is 5.59. The van der Waals surface area contributed by atoms with Crippen LogP contribution in [0.3, 0.4) is 0 Å². The smallest absolute Gasteiger partial charge is 0.224 e. The third-order valence-electron chi connectivity index (χ3n) is 5.58. The number of carbonyl (C=O) groups is 1. The third kappa shape index (κ3) is 4.99. The zero-order chi connectivity index (χ0) is 21.1. The molecule has 0 spiro atoms. The zero-order valence-electron chi connectivity index (χ0n) is 17.2. The number of amides is 1. The minimum absolute atomic E-state index is 0.158. The first-order valence-electron chi connectivity index (χ1n) is 10.2. The van der Waals surface area contributed by atoms with Gasteiger partial charge in [-0.25, -0.2) is 8.42 Å². The molecule has 6 nitrogen and oxygen atoms in total. The number of carbonyl (C=O) groups excluding carboxylic acids is 1. The number of rotatable bonds is 6. The van der Waals surface area contributed by atoms with E-state index in [-0.39, 0.29) is 11.7 Å². The SMILES string of the molecule is CS(=O)(=O)CCN1CCN(C(=O)CCN2c3ccccc3Sc3ccccc32)CC1. The second-order valence-electron chi connectivity index (χ2n) is 7.79. The Morgan fingerprint density at radius 1 is 0.900 bits per heavy atom. The largest absolute Gasteiger partial charge is 0.340 e. The van der Waals surface area contributed by atoms with Crippen LogP contribution in [0.4, 0.5) is 11.4 Å². The Hall–Kier alpha value is -2.03. The molecule has 2 aliphatic rings. The van der Waals surface area contributed by atoms with Gasteiger partial charge in [0.1, 0.15) is 9.84 Å². The Morgan fingerprint density at radius 3 is 2.03 bits per heavy atom. The van der Waals surface area contributed by atoms with Crippen LogP contribution in [-0.2, 0) is 14.6 Å². The fourth-order valence-electron chi connectivity index (χ4n) is 3.90. The van der Waals surface area contributed by atoms with Crippen LogP contribution in [0.1, 0.15) is 6.42 Å². The highest BCUT2D eigenvalue weighted by molar-refractivity contribution is 7.99. The molecule has 160 valence electrons. The Labute approximate surface area is 182 Å². The number of sulfone groups is 1. The Bertz CT molecular complexity index is 972. The van der Waals surface area contributed by atoms with Gasteiger partial charge in [0.05, 0.1) is 17.1 Å². The van der Waals surface area contributed by atoms with Crippen LogP contribution in [0.15, 0.2) is 58.3 Å². The van der Waals surface area contributed by atoms with E-state index in [2.05, 4.69) is 34.1 Å². The number of nitrogens with zero attached hydrogens (tertiary/aromatic N) is 3. The molecule has 0 unspecified atom stereocenters. The summed E-state index contributed by atoms with van der Waals surface area (Å²) < 4.78 is 22.7. The summed E-state index contributed by atoms with van der Waals surface area (Å²) in [4.78, 5) is 21.6. The van der Waals surface area contributed by atoms with Crippen LogP contribution < -0.4 is 4.90 Å². The molecule has 2 aromatic carbocycles. The maximum Gasteiger partial charge on any atom is 0.224 e. The van der Waals surface area contributed by atoms with E-state index in [9.17, 15) is 13.2 Å². The van der Waals surface area contributed by atoms with E-state index < -0.39 is 9.84 Å². The molecule has 8 heteroatoms. The lowest BCUT2D eigenvalue weighted by atomic mass is 10.2. The molecule has 2 aliphatic heterocycles. The summed E-state index contributed by atoms with van der Waals surface area (Å²) in [6.07, 6.45) is 1.72. The van der Waals surface area contributed by atoms with Crippen molar-refractivity contribution in [1.82, 2.24) is 9.80 Å². The van der Waals surface area contributed by atoms with Gasteiger partial charge in [0.15, 0.2) is 0 Å². The van der Waals surface area contributed by atoms with Crippen LogP contribution in [0, 0.1) is 0 Å². The Kier molecular flexibility index (Phi) is 6.36. The molecule has 30 heavy (non-hydrogen) atoms. The molecule has 4 rings (SSSR count). The van der Waals surface area contributed by atoms with Gasteiger partial charge in [0, 0.05) is 61.7 Å². The summed E-state index contributed by atoms with van der Waals surface area (Å²) in [5.41, 5.74) is 2.30. The van der Waals surface area contributed by atoms with Crippen molar-refractivity contribution < 1.29 is 13.2 Å². The molecule has 1 amide bonds. The van der Waals surface area contributed by atoms with Gasteiger partial charge >= 0.3 is 0 Å². The van der Waals surface area contributed by atoms with Crippen LogP contribution in [-0.4, -0.2) is 75.4 Å². The molecule has 0 atom stereocenters. The minimum Gasteiger partial charge on any atom is -0.340 e. The highest BCUT2D eigenvalue weighted by Gasteiger charge is 2.25. The van der Waals surface area contributed by atoms with Gasteiger partial charge in [-0.2, -0.15) is 0 Å². The maximum absolute atomic E-state index is 12.9. The van der Waals surface area contributed by atoms with Gasteiger partial charge in [0.2, 0.25) is 5.91 Å². The second-order valence-corrected chi connectivity index (χ2v) is 11.1. The number of benzene rings is 2. The number of hydrogen-bond donors (Lipinski definition) is 0. The van der Waals surface area contributed by atoms with Gasteiger partial charge < -0.3 is 9.80 Å². The number of hydrogen-bond acceptors (Lipinski definition) is 6. The number of piperazine rings is 1. The summed E-state index contributed by atoms with van der Waals surface area (Å²) in [7, 11) is -2.95. The molecule has 0 aliphatic carbocycles. The van der Waals surface area contributed by atoms with Gasteiger partial charge in [0.25, 0.3) is 0 Å². The molecule has 1 fully saturated rings. The summed E-state index contributed by atoms with van der Waals surface area (Å²) in [6.45, 7) is 3.96. The van der Waals surface area contributed by atoms with E-state index in [0.717, 1.165) is 24.5 Å². The quantitative estimate of drug-likeness (QED) is 0.682. The molecule has 0 radical (unpaired) electrons. The van der Waals surface area contributed by atoms with Crippen molar-refractivity contribution in [2.45, 2.75) is 16.2 Å². The molecule has 0 bridgehead atoms. The van der Waals surface area contributed by atoms with E-state index in [4.69, 9.17) is 0 Å². The lowest BCUT2D eigenvalue weighted by Crippen LogP contribution is -2.50. The predicted octanol–water partition coefficient (Wildman–Crippen LogP) is 2.87. The zero-order valence-corrected chi connectivity index (χ0v) is 18.8. The second kappa shape index (κ2) is 8.99. The number of fused-ring (bicyclic) bond motifs is 2. The highest BCUT2D eigenvalue weighted by Crippen LogP contribution is 2.47. The van der Waals surface area contributed by atoms with Crippen molar-refractivity contribution in [3.8, 4) is 0 Å². The summed E-state index contributed by atoms with van der Waals surface area (Å²) in [5.74, 6) is 0.332. The molecular formula is C22H27N3O3S2. The molecule has 0 N–H and O–H groups in total. The maximum atomic E-state index is 12.9. The number of anilines is 2. The first-order valence-corrected chi connectivity index (χ1v) is 13.1. The first-order chi connectivity index (χ1) is 14.4. The minimum atomic E-state index is -2.95. The van der Waals surface area contributed by atoms with Crippen molar-refractivity contribution in [3.63, 3.8) is 0 Å². The topological polar surface area (TPSA) is 60.9 Å². The number of para-hydroxylation sites is 2. The van der Waals surface area contributed by atoms with Crippen LogP contribution >= 0.6 is 11.8 Å². The van der Waals surface area contributed by atoms with Crippen molar-refractivity contribution in [2.75, 3.05) is 56.2 Å². The van der Waals surface area contributed by atoms with E-state index in [1.807, 2.05) is 29.2 Å². The van der Waals surface area contributed by atoms with Crippen LogP contribution in [0.2, 0.25) is 0 Å². The van der Waals surface area contributed by atoms with E-state index in [1.54, 1.807) is 11.8 Å². The monoisotopic (exact) mass is 445 g/mol. The van der Waals surface area contributed by atoms with Gasteiger partial charge in [-0.15, -0.1) is 0 Å². The van der Waals surface area contributed by atoms with Gasteiger partial charge in [-0.3, -0.25) is 9.69 Å². The molecular weight excluding hydrogens is 418 g/mol. The van der Waals surface area contributed by atoms with Crippen molar-refractivity contribution in [3.05, 3.63) is 48.5 Å². The predicted molar refractivity (Wildman–Crippen MR) is 121 cm³/mol. The standard InChI is InChI=1S/C22H27N3O3S2/c1-30(27,28)17-16-23-12-14-24(15-13-23)22(26)10-11-25-18-6-2-4-8-20(18)29-21-9-5-3-7-19(21)25/h2-9H,10-17H2,1H3. The van der Waals surface area contributed by atoms with Gasteiger partial charge in [-0.05, 0) is 24.3 Å². The lowest BCUT2D eigenvalue weighted by molar-refractivity contribution is -0.132. The normalized spacial score (nSPS) is 16.8. The third-order valence-corrected chi connectivity index (χ3v) is 7.64. The molecule has 2 heterocycles. The van der Waals surface area contributed by atoms with Crippen LogP contribution in [0.5, 0.6) is 0 Å². The molecule has 0 saturated carbocycles. The fraction of sp³-hybridized carbons (Fsp3) is 0.409. The summed E-state index contributed by atoms with van der Waals surface area (Å²) in [5, 5.41) is 0. The Balaban J connectivity index is 1.36. The lowest BCUT2D eigenvalue weighted by Gasteiger charge is -2.36. The Morgan fingerprint density at radius 2 is 1.47 bits per heavy atom. The summed E-state index contributed by atoms with van der Waals surface area (Å²) >= 11 is 1.77.